The number of aryl methyl sites for hydroxylation is 1. The maximum Gasteiger partial charge on any atom is 0.264 e. The predicted octanol–water partition coefficient (Wildman–Crippen LogP) is 6.99. The number of nitrogens with one attached hydrogen (secondary N) is 1. The van der Waals surface area contributed by atoms with E-state index < -0.39 is 34.1 Å². The maximum absolute atomic E-state index is 14.2. The van der Waals surface area contributed by atoms with Crippen LogP contribution in [0.3, 0.4) is 0 Å². The zero-order valence-electron chi connectivity index (χ0n) is 24.9. The standard InChI is InChI=1S/C31H36BrCl2N3O5S/c1-7-27(30(39)35-31(3,4)5)36(18-21-10-11-22(33)16-26(21)34)29(38)19-37(23-12-8-20(2)9-13-23)43(40,41)24-14-15-28(42-6)25(32)17-24/h8-17,27H,7,18-19H2,1-6H3,(H,35,39)/t27-/m1/s1. The first-order valence-electron chi connectivity index (χ1n) is 13.6. The van der Waals surface area contributed by atoms with Crippen molar-refractivity contribution in [2.24, 2.45) is 0 Å². The monoisotopic (exact) mass is 711 g/mol. The number of nitrogens with zero attached hydrogens (tertiary/aromatic N) is 2. The zero-order chi connectivity index (χ0) is 32.1. The van der Waals surface area contributed by atoms with Crippen LogP contribution in [0.25, 0.3) is 0 Å². The van der Waals surface area contributed by atoms with E-state index in [0.717, 1.165) is 9.87 Å². The molecule has 0 bridgehead atoms. The van der Waals surface area contributed by atoms with Crippen molar-refractivity contribution >= 4 is 66.7 Å². The molecule has 0 aromatic heterocycles. The second kappa shape index (κ2) is 14.3. The van der Waals surface area contributed by atoms with Gasteiger partial charge in [-0.05, 0) is 98.1 Å². The van der Waals surface area contributed by atoms with Gasteiger partial charge in [0.15, 0.2) is 0 Å². The lowest BCUT2D eigenvalue weighted by atomic mass is 10.1. The Hall–Kier alpha value is -2.79. The van der Waals surface area contributed by atoms with Crippen LogP contribution < -0.4 is 14.4 Å². The highest BCUT2D eigenvalue weighted by Gasteiger charge is 2.35. The zero-order valence-corrected chi connectivity index (χ0v) is 28.9. The minimum atomic E-state index is -4.25. The summed E-state index contributed by atoms with van der Waals surface area (Å²) >= 11 is 15.9. The van der Waals surface area contributed by atoms with Crippen LogP contribution in [0.2, 0.25) is 10.0 Å². The number of benzene rings is 3. The highest BCUT2D eigenvalue weighted by atomic mass is 79.9. The lowest BCUT2D eigenvalue weighted by molar-refractivity contribution is -0.141. The van der Waals surface area contributed by atoms with Crippen LogP contribution in [0.5, 0.6) is 5.75 Å². The van der Waals surface area contributed by atoms with Crippen molar-refractivity contribution in [3.05, 3.63) is 86.3 Å². The Morgan fingerprint density at radius 3 is 2.21 bits per heavy atom. The number of methoxy groups -OCH3 is 1. The minimum Gasteiger partial charge on any atom is -0.496 e. The van der Waals surface area contributed by atoms with Gasteiger partial charge in [-0.25, -0.2) is 8.42 Å². The molecule has 232 valence electrons. The van der Waals surface area contributed by atoms with E-state index in [1.165, 1.54) is 30.2 Å². The van der Waals surface area contributed by atoms with Crippen molar-refractivity contribution in [3.8, 4) is 5.75 Å². The second-order valence-corrected chi connectivity index (χ2v) is 14.6. The van der Waals surface area contributed by atoms with Gasteiger partial charge in [-0.3, -0.25) is 13.9 Å². The number of hydrogen-bond acceptors (Lipinski definition) is 5. The summed E-state index contributed by atoms with van der Waals surface area (Å²) in [5, 5.41) is 3.69. The van der Waals surface area contributed by atoms with Crippen LogP contribution in [0.15, 0.2) is 70.0 Å². The molecule has 1 atom stereocenters. The van der Waals surface area contributed by atoms with Crippen LogP contribution in [0, 0.1) is 6.92 Å². The fraction of sp³-hybridized carbons (Fsp3) is 0.355. The molecule has 0 aliphatic heterocycles. The fourth-order valence-corrected chi connectivity index (χ4v) is 6.98. The van der Waals surface area contributed by atoms with Gasteiger partial charge in [0.05, 0.1) is 22.2 Å². The highest BCUT2D eigenvalue weighted by Crippen LogP contribution is 2.31. The van der Waals surface area contributed by atoms with Gasteiger partial charge in [0.1, 0.15) is 18.3 Å². The first-order chi connectivity index (χ1) is 20.1. The van der Waals surface area contributed by atoms with Gasteiger partial charge in [0.2, 0.25) is 11.8 Å². The molecule has 0 saturated carbocycles. The summed E-state index contributed by atoms with van der Waals surface area (Å²) in [6.07, 6.45) is 0.279. The van der Waals surface area contributed by atoms with Crippen molar-refractivity contribution in [3.63, 3.8) is 0 Å². The Morgan fingerprint density at radius 2 is 1.67 bits per heavy atom. The Balaban J connectivity index is 2.12. The number of ether oxygens (including phenoxy) is 1. The van der Waals surface area contributed by atoms with E-state index in [1.807, 2.05) is 27.7 Å². The van der Waals surface area contributed by atoms with Crippen molar-refractivity contribution in [2.45, 2.75) is 64.1 Å². The van der Waals surface area contributed by atoms with Crippen molar-refractivity contribution in [2.75, 3.05) is 18.0 Å². The third-order valence-corrected chi connectivity index (χ3v) is 9.53. The largest absolute Gasteiger partial charge is 0.496 e. The van der Waals surface area contributed by atoms with Crippen LogP contribution in [-0.2, 0) is 26.2 Å². The topological polar surface area (TPSA) is 96.0 Å². The van der Waals surface area contributed by atoms with E-state index >= 15 is 0 Å². The van der Waals surface area contributed by atoms with E-state index in [2.05, 4.69) is 21.2 Å². The van der Waals surface area contributed by atoms with Crippen molar-refractivity contribution in [1.29, 1.82) is 0 Å². The lowest BCUT2D eigenvalue weighted by Crippen LogP contribution is -2.55. The normalized spacial score (nSPS) is 12.4. The predicted molar refractivity (Wildman–Crippen MR) is 175 cm³/mol. The molecular weight excluding hydrogens is 677 g/mol. The maximum atomic E-state index is 14.2. The van der Waals surface area contributed by atoms with Crippen LogP contribution >= 0.6 is 39.1 Å². The number of amides is 2. The smallest absolute Gasteiger partial charge is 0.264 e. The van der Waals surface area contributed by atoms with E-state index in [4.69, 9.17) is 27.9 Å². The van der Waals surface area contributed by atoms with Crippen LogP contribution in [0.1, 0.15) is 45.2 Å². The molecular formula is C31H36BrCl2N3O5S. The molecule has 3 aromatic carbocycles. The number of hydrogen-bond donors (Lipinski definition) is 1. The van der Waals surface area contributed by atoms with Gasteiger partial charge < -0.3 is 15.0 Å². The molecule has 12 heteroatoms. The summed E-state index contributed by atoms with van der Waals surface area (Å²) in [4.78, 5) is 29.0. The van der Waals surface area contributed by atoms with E-state index in [9.17, 15) is 18.0 Å². The van der Waals surface area contributed by atoms with Gasteiger partial charge in [-0.2, -0.15) is 0 Å². The average molecular weight is 714 g/mol. The van der Waals surface area contributed by atoms with Crippen LogP contribution in [0.4, 0.5) is 5.69 Å². The second-order valence-electron chi connectivity index (χ2n) is 11.1. The molecule has 0 saturated heterocycles. The molecule has 3 rings (SSSR count). The first-order valence-corrected chi connectivity index (χ1v) is 16.5. The number of halogens is 3. The highest BCUT2D eigenvalue weighted by molar-refractivity contribution is 9.10. The molecule has 3 aromatic rings. The Morgan fingerprint density at radius 1 is 1.02 bits per heavy atom. The summed E-state index contributed by atoms with van der Waals surface area (Å²) in [5.41, 5.74) is 1.22. The number of anilines is 1. The quantitative estimate of drug-likeness (QED) is 0.231. The van der Waals surface area contributed by atoms with Gasteiger partial charge in [0, 0.05) is 22.1 Å². The van der Waals surface area contributed by atoms with E-state index in [1.54, 1.807) is 49.4 Å². The fourth-order valence-electron chi connectivity index (χ4n) is 4.38. The summed E-state index contributed by atoms with van der Waals surface area (Å²) in [6, 6.07) is 15.2. The molecule has 0 fully saturated rings. The van der Waals surface area contributed by atoms with E-state index in [-0.39, 0.29) is 23.8 Å². The van der Waals surface area contributed by atoms with Crippen LogP contribution in [-0.4, -0.2) is 50.4 Å². The molecule has 43 heavy (non-hydrogen) atoms. The average Bonchev–Trinajstić information content (AvgIpc) is 2.92. The summed E-state index contributed by atoms with van der Waals surface area (Å²) in [6.45, 7) is 8.60. The molecule has 0 radical (unpaired) electrons. The summed E-state index contributed by atoms with van der Waals surface area (Å²) < 4.78 is 35.0. The number of sulfonamides is 1. The number of carbonyl (C=O) groups excluding carboxylic acids is 2. The molecule has 8 nitrogen and oxygen atoms in total. The van der Waals surface area contributed by atoms with Gasteiger partial charge in [-0.1, -0.05) is 53.9 Å². The minimum absolute atomic E-state index is 0.0409. The van der Waals surface area contributed by atoms with Crippen molar-refractivity contribution < 1.29 is 22.7 Å². The molecule has 2 amide bonds. The summed E-state index contributed by atoms with van der Waals surface area (Å²) in [7, 11) is -2.78. The summed E-state index contributed by atoms with van der Waals surface area (Å²) in [5.74, 6) is -0.491. The third kappa shape index (κ3) is 8.88. The molecule has 0 aliphatic rings. The molecule has 0 spiro atoms. The molecule has 0 heterocycles. The first kappa shape index (κ1) is 34.7. The molecule has 0 unspecified atom stereocenters. The SMILES string of the molecule is CC[C@H](C(=O)NC(C)(C)C)N(Cc1ccc(Cl)cc1Cl)C(=O)CN(c1ccc(C)cc1)S(=O)(=O)c1ccc(OC)c(Br)c1. The number of rotatable bonds is 11. The van der Waals surface area contributed by atoms with Crippen molar-refractivity contribution in [1.82, 2.24) is 10.2 Å². The molecule has 1 N–H and O–H groups in total. The van der Waals surface area contributed by atoms with Gasteiger partial charge >= 0.3 is 0 Å². The van der Waals surface area contributed by atoms with E-state index in [0.29, 0.717) is 31.5 Å². The molecule has 0 aliphatic carbocycles. The Bertz CT molecular complexity index is 1580. The number of carbonyl (C=O) groups is 2. The Kier molecular flexibility index (Phi) is 11.6. The van der Waals surface area contributed by atoms with Gasteiger partial charge in [0.25, 0.3) is 10.0 Å². The Labute approximate surface area is 272 Å². The van der Waals surface area contributed by atoms with Gasteiger partial charge in [-0.15, -0.1) is 0 Å². The third-order valence-electron chi connectivity index (χ3n) is 6.55. The lowest BCUT2D eigenvalue weighted by Gasteiger charge is -2.35.